The number of halogens is 1. The number of sulfonamides is 1. The summed E-state index contributed by atoms with van der Waals surface area (Å²) in [5, 5.41) is 0.0694. The van der Waals surface area contributed by atoms with Gasteiger partial charge in [0, 0.05) is 12.2 Å². The van der Waals surface area contributed by atoms with Crippen molar-refractivity contribution in [2.45, 2.75) is 25.7 Å². The molecule has 1 amide bonds. The molecule has 0 heterocycles. The van der Waals surface area contributed by atoms with Gasteiger partial charge in [-0.25, -0.2) is 8.42 Å². The predicted octanol–water partition coefficient (Wildman–Crippen LogP) is 1.36. The number of carbonyl (C=O) groups excluding carboxylic acids is 1. The Morgan fingerprint density at radius 2 is 1.95 bits per heavy atom. The van der Waals surface area contributed by atoms with Gasteiger partial charge in [-0.1, -0.05) is 25.4 Å². The molecule has 0 bridgehead atoms. The third-order valence-electron chi connectivity index (χ3n) is 2.84. The predicted molar refractivity (Wildman–Crippen MR) is 83.4 cm³/mol. The lowest BCUT2D eigenvalue weighted by atomic mass is 10.2. The maximum Gasteiger partial charge on any atom is 0.245 e. The molecule has 0 radical (unpaired) electrons. The zero-order chi connectivity index (χ0) is 16.4. The molecule has 1 aromatic carbocycles. The summed E-state index contributed by atoms with van der Waals surface area (Å²) in [7, 11) is -3.94. The average Bonchev–Trinajstić information content (AvgIpc) is 2.31. The van der Waals surface area contributed by atoms with Crippen LogP contribution in [0.1, 0.15) is 19.4 Å². The van der Waals surface area contributed by atoms with E-state index in [1.165, 1.54) is 12.1 Å². The summed E-state index contributed by atoms with van der Waals surface area (Å²) in [5.41, 5.74) is 11.9. The van der Waals surface area contributed by atoms with Crippen LogP contribution in [0.4, 0.5) is 5.69 Å². The van der Waals surface area contributed by atoms with Gasteiger partial charge in [0.05, 0.1) is 11.6 Å². The van der Waals surface area contributed by atoms with E-state index in [1.54, 1.807) is 6.92 Å². The molecule has 0 fully saturated rings. The summed E-state index contributed by atoms with van der Waals surface area (Å²) in [6.45, 7) is 5.18. The number of nitrogens with two attached hydrogens (primary N) is 2. The van der Waals surface area contributed by atoms with Gasteiger partial charge in [0.1, 0.15) is 4.90 Å². The van der Waals surface area contributed by atoms with Gasteiger partial charge in [-0.2, -0.15) is 4.31 Å². The highest BCUT2D eigenvalue weighted by molar-refractivity contribution is 7.89. The Morgan fingerprint density at radius 3 is 2.43 bits per heavy atom. The molecular weight excluding hydrogens is 314 g/mol. The summed E-state index contributed by atoms with van der Waals surface area (Å²) in [6, 6.07) is 2.79. The Hall–Kier alpha value is -1.31. The van der Waals surface area contributed by atoms with E-state index in [0.29, 0.717) is 11.3 Å². The molecule has 0 aliphatic heterocycles. The maximum atomic E-state index is 12.7. The van der Waals surface area contributed by atoms with Crippen LogP contribution in [0.5, 0.6) is 0 Å². The van der Waals surface area contributed by atoms with Gasteiger partial charge < -0.3 is 11.5 Å². The lowest BCUT2D eigenvalue weighted by Crippen LogP contribution is -2.40. The first-order chi connectivity index (χ1) is 9.55. The number of primary amides is 1. The highest BCUT2D eigenvalue weighted by Gasteiger charge is 2.29. The van der Waals surface area contributed by atoms with Crippen molar-refractivity contribution >= 4 is 33.2 Å². The third kappa shape index (κ3) is 4.33. The smallest absolute Gasteiger partial charge is 0.245 e. The quantitative estimate of drug-likeness (QED) is 0.766. The monoisotopic (exact) mass is 333 g/mol. The Labute approximate surface area is 130 Å². The zero-order valence-corrected chi connectivity index (χ0v) is 13.8. The van der Waals surface area contributed by atoms with Gasteiger partial charge in [0.25, 0.3) is 0 Å². The molecule has 0 aliphatic carbocycles. The zero-order valence-electron chi connectivity index (χ0n) is 12.3. The first-order valence-corrected chi connectivity index (χ1v) is 8.21. The summed E-state index contributed by atoms with van der Waals surface area (Å²) in [5.74, 6) is -0.698. The molecule has 1 aromatic rings. The molecule has 118 valence electrons. The molecule has 0 unspecified atom stereocenters. The number of amides is 1. The maximum absolute atomic E-state index is 12.7. The van der Waals surface area contributed by atoms with Crippen LogP contribution in [0.3, 0.4) is 0 Å². The first-order valence-electron chi connectivity index (χ1n) is 6.39. The van der Waals surface area contributed by atoms with Crippen LogP contribution < -0.4 is 11.5 Å². The Bertz CT molecular complexity index is 644. The van der Waals surface area contributed by atoms with Gasteiger partial charge in [0.2, 0.25) is 15.9 Å². The van der Waals surface area contributed by atoms with E-state index in [1.807, 2.05) is 13.8 Å². The second-order valence-corrected chi connectivity index (χ2v) is 7.61. The van der Waals surface area contributed by atoms with Gasteiger partial charge in [0.15, 0.2) is 0 Å². The highest BCUT2D eigenvalue weighted by atomic mass is 35.5. The fraction of sp³-hybridized carbons (Fsp3) is 0.462. The van der Waals surface area contributed by atoms with E-state index < -0.39 is 22.5 Å². The Morgan fingerprint density at radius 1 is 1.38 bits per heavy atom. The number of carbonyl (C=O) groups is 1. The number of nitrogen functional groups attached to an aromatic ring is 1. The Kier molecular flexibility index (Phi) is 5.61. The van der Waals surface area contributed by atoms with Crippen LogP contribution in [-0.2, 0) is 14.8 Å². The fourth-order valence-corrected chi connectivity index (χ4v) is 4.00. The normalized spacial score (nSPS) is 12.1. The van der Waals surface area contributed by atoms with E-state index in [9.17, 15) is 13.2 Å². The summed E-state index contributed by atoms with van der Waals surface area (Å²) < 4.78 is 26.4. The fourth-order valence-electron chi connectivity index (χ4n) is 1.83. The van der Waals surface area contributed by atoms with Crippen LogP contribution in [0.25, 0.3) is 0 Å². The molecule has 21 heavy (non-hydrogen) atoms. The summed E-state index contributed by atoms with van der Waals surface area (Å²) >= 11 is 6.03. The molecule has 0 saturated heterocycles. The highest BCUT2D eigenvalue weighted by Crippen LogP contribution is 2.29. The van der Waals surface area contributed by atoms with Gasteiger partial charge in [-0.3, -0.25) is 4.79 Å². The lowest BCUT2D eigenvalue weighted by molar-refractivity contribution is -0.118. The van der Waals surface area contributed by atoms with Crippen LogP contribution in [-0.4, -0.2) is 31.7 Å². The van der Waals surface area contributed by atoms with Gasteiger partial charge in [-0.15, -0.1) is 0 Å². The second kappa shape index (κ2) is 6.64. The number of nitrogens with zero attached hydrogens (tertiary/aromatic N) is 1. The standard InChI is InChI=1S/C13H20ClN3O3S/c1-8(2)6-17(7-13(16)18)21(19,20)12-5-11(15)9(3)4-10(12)14/h4-5,8H,6-7,15H2,1-3H3,(H2,16,18). The average molecular weight is 334 g/mol. The van der Waals surface area contributed by atoms with E-state index >= 15 is 0 Å². The molecule has 0 aromatic heterocycles. The van der Waals surface area contributed by atoms with Crippen LogP contribution >= 0.6 is 11.6 Å². The molecule has 0 aliphatic rings. The number of hydrogen-bond acceptors (Lipinski definition) is 4. The van der Waals surface area contributed by atoms with E-state index in [4.69, 9.17) is 23.1 Å². The van der Waals surface area contributed by atoms with Crippen molar-refractivity contribution in [2.24, 2.45) is 11.7 Å². The molecule has 0 atom stereocenters. The minimum Gasteiger partial charge on any atom is -0.398 e. The van der Waals surface area contributed by atoms with Crippen molar-refractivity contribution in [1.29, 1.82) is 0 Å². The molecular formula is C13H20ClN3O3S. The molecule has 6 nitrogen and oxygen atoms in total. The number of benzene rings is 1. The van der Waals surface area contributed by atoms with Crippen molar-refractivity contribution < 1.29 is 13.2 Å². The molecule has 0 spiro atoms. The van der Waals surface area contributed by atoms with E-state index in [2.05, 4.69) is 0 Å². The van der Waals surface area contributed by atoms with E-state index in [0.717, 1.165) is 4.31 Å². The molecule has 1 rings (SSSR count). The topological polar surface area (TPSA) is 106 Å². The SMILES string of the molecule is Cc1cc(Cl)c(S(=O)(=O)N(CC(N)=O)CC(C)C)cc1N. The van der Waals surface area contributed by atoms with Crippen molar-refractivity contribution in [3.05, 3.63) is 22.7 Å². The summed E-state index contributed by atoms with van der Waals surface area (Å²) in [6.07, 6.45) is 0. The van der Waals surface area contributed by atoms with Crippen molar-refractivity contribution in [3.63, 3.8) is 0 Å². The minimum absolute atomic E-state index is 0.0284. The Balaban J connectivity index is 3.34. The first kappa shape index (κ1) is 17.7. The number of rotatable bonds is 6. The van der Waals surface area contributed by atoms with Gasteiger partial charge >= 0.3 is 0 Å². The number of hydrogen-bond donors (Lipinski definition) is 2. The molecule has 0 saturated carbocycles. The third-order valence-corrected chi connectivity index (χ3v) is 5.12. The number of anilines is 1. The van der Waals surface area contributed by atoms with Crippen LogP contribution in [0.15, 0.2) is 17.0 Å². The molecule has 4 N–H and O–H groups in total. The van der Waals surface area contributed by atoms with Gasteiger partial charge in [-0.05, 0) is 30.5 Å². The van der Waals surface area contributed by atoms with Crippen molar-refractivity contribution in [2.75, 3.05) is 18.8 Å². The minimum atomic E-state index is -3.94. The van der Waals surface area contributed by atoms with Crippen molar-refractivity contribution in [1.82, 2.24) is 4.31 Å². The van der Waals surface area contributed by atoms with E-state index in [-0.39, 0.29) is 22.4 Å². The van der Waals surface area contributed by atoms with Crippen molar-refractivity contribution in [3.8, 4) is 0 Å². The summed E-state index contributed by atoms with van der Waals surface area (Å²) in [4.78, 5) is 11.0. The lowest BCUT2D eigenvalue weighted by Gasteiger charge is -2.23. The largest absolute Gasteiger partial charge is 0.398 e. The molecule has 8 heteroatoms. The second-order valence-electron chi connectivity index (χ2n) is 5.30. The van der Waals surface area contributed by atoms with Crippen LogP contribution in [0.2, 0.25) is 5.02 Å². The number of aryl methyl sites for hydroxylation is 1. The van der Waals surface area contributed by atoms with Crippen LogP contribution in [0, 0.1) is 12.8 Å².